The van der Waals surface area contributed by atoms with Gasteiger partial charge in [0.2, 0.25) is 15.9 Å². The second kappa shape index (κ2) is 11.2. The van der Waals surface area contributed by atoms with Crippen molar-refractivity contribution in [3.8, 4) is 5.75 Å². The number of nitrogens with zero attached hydrogens (tertiary/aromatic N) is 2. The maximum Gasteiger partial charge on any atom is 0.243 e. The molecule has 1 atom stereocenters. The first-order valence-corrected chi connectivity index (χ1v) is 13.4. The predicted octanol–water partition coefficient (Wildman–Crippen LogP) is 4.72. The summed E-state index contributed by atoms with van der Waals surface area (Å²) in [6, 6.07) is 24.0. The van der Waals surface area contributed by atoms with Gasteiger partial charge in [0, 0.05) is 38.5 Å². The van der Waals surface area contributed by atoms with Gasteiger partial charge in [-0.05, 0) is 48.7 Å². The van der Waals surface area contributed by atoms with Crippen molar-refractivity contribution in [2.45, 2.75) is 30.7 Å². The molecular weight excluding hydrogens is 479 g/mol. The van der Waals surface area contributed by atoms with E-state index in [0.29, 0.717) is 31.7 Å². The Labute approximate surface area is 212 Å². The third kappa shape index (κ3) is 6.30. The Morgan fingerprint density at radius 2 is 1.72 bits per heavy atom. The van der Waals surface area contributed by atoms with Gasteiger partial charge in [-0.1, -0.05) is 54.6 Å². The number of hydrogen-bond acceptors (Lipinski definition) is 4. The molecule has 0 bridgehead atoms. The number of benzene rings is 3. The summed E-state index contributed by atoms with van der Waals surface area (Å²) in [6.07, 6.45) is 1.35. The van der Waals surface area contributed by atoms with Crippen molar-refractivity contribution < 1.29 is 22.3 Å². The van der Waals surface area contributed by atoms with Gasteiger partial charge in [-0.2, -0.15) is 4.31 Å². The van der Waals surface area contributed by atoms with E-state index in [1.54, 1.807) is 11.9 Å². The number of carbonyl (C=O) groups excluding carboxylic acids is 1. The standard InChI is InChI=1S/C28H31FN2O4S/c1-30(20-23-10-4-2-5-11-23)27(32)19-28(22-35-25-13-6-3-7-14-25)16-9-17-31(21-28)36(33,34)26-15-8-12-24(29)18-26/h2-8,10-15,18H,9,16-17,19-22H2,1H3/t28-/m0/s1. The largest absolute Gasteiger partial charge is 0.493 e. The first-order valence-electron chi connectivity index (χ1n) is 12.0. The van der Waals surface area contributed by atoms with Crippen LogP contribution in [0.1, 0.15) is 24.8 Å². The molecular formula is C28H31FN2O4S. The van der Waals surface area contributed by atoms with Crippen LogP contribution in [0, 0.1) is 11.2 Å². The molecule has 0 N–H and O–H groups in total. The number of hydrogen-bond donors (Lipinski definition) is 0. The highest BCUT2D eigenvalue weighted by Gasteiger charge is 2.43. The number of para-hydroxylation sites is 1. The zero-order chi connectivity index (χ0) is 25.6. The molecule has 1 aliphatic heterocycles. The number of sulfonamides is 1. The fourth-order valence-corrected chi connectivity index (χ4v) is 6.24. The van der Waals surface area contributed by atoms with E-state index in [0.717, 1.165) is 11.6 Å². The maximum atomic E-state index is 13.8. The van der Waals surface area contributed by atoms with E-state index in [1.807, 2.05) is 60.7 Å². The molecule has 1 heterocycles. The lowest BCUT2D eigenvalue weighted by molar-refractivity contribution is -0.134. The van der Waals surface area contributed by atoms with Crippen LogP contribution in [0.2, 0.25) is 0 Å². The van der Waals surface area contributed by atoms with Gasteiger partial charge in [0.25, 0.3) is 0 Å². The summed E-state index contributed by atoms with van der Waals surface area (Å²) >= 11 is 0. The van der Waals surface area contributed by atoms with Crippen molar-refractivity contribution in [3.63, 3.8) is 0 Å². The smallest absolute Gasteiger partial charge is 0.243 e. The first kappa shape index (κ1) is 25.9. The van der Waals surface area contributed by atoms with Crippen LogP contribution in [0.3, 0.4) is 0 Å². The Bertz CT molecular complexity index is 1270. The highest BCUT2D eigenvalue weighted by Crippen LogP contribution is 2.37. The second-order valence-electron chi connectivity index (χ2n) is 9.41. The number of carbonyl (C=O) groups is 1. The number of ether oxygens (including phenoxy) is 1. The Hall–Kier alpha value is -3.23. The number of halogens is 1. The summed E-state index contributed by atoms with van der Waals surface area (Å²) in [6.45, 7) is 1.07. The van der Waals surface area contributed by atoms with Crippen molar-refractivity contribution in [1.29, 1.82) is 0 Å². The number of amides is 1. The molecule has 1 saturated heterocycles. The lowest BCUT2D eigenvalue weighted by Gasteiger charge is -2.42. The van der Waals surface area contributed by atoms with Crippen molar-refractivity contribution in [2.24, 2.45) is 5.41 Å². The summed E-state index contributed by atoms with van der Waals surface area (Å²) in [5.41, 5.74) is 0.290. The highest BCUT2D eigenvalue weighted by molar-refractivity contribution is 7.89. The quantitative estimate of drug-likeness (QED) is 0.418. The van der Waals surface area contributed by atoms with Crippen molar-refractivity contribution in [3.05, 3.63) is 96.3 Å². The van der Waals surface area contributed by atoms with Crippen LogP contribution in [0.4, 0.5) is 4.39 Å². The van der Waals surface area contributed by atoms with Crippen LogP contribution in [-0.2, 0) is 21.4 Å². The van der Waals surface area contributed by atoms with Crippen LogP contribution in [0.25, 0.3) is 0 Å². The van der Waals surface area contributed by atoms with E-state index in [1.165, 1.54) is 22.5 Å². The predicted molar refractivity (Wildman–Crippen MR) is 136 cm³/mol. The molecule has 3 aromatic rings. The summed E-state index contributed by atoms with van der Waals surface area (Å²) < 4.78 is 48.0. The molecule has 0 unspecified atom stereocenters. The zero-order valence-corrected chi connectivity index (χ0v) is 21.2. The molecule has 0 radical (unpaired) electrons. The fraction of sp³-hybridized carbons (Fsp3) is 0.321. The number of rotatable bonds is 9. The van der Waals surface area contributed by atoms with E-state index in [4.69, 9.17) is 4.74 Å². The van der Waals surface area contributed by atoms with E-state index in [-0.39, 0.29) is 30.4 Å². The molecule has 1 fully saturated rings. The van der Waals surface area contributed by atoms with Crippen LogP contribution in [0.5, 0.6) is 5.75 Å². The van der Waals surface area contributed by atoms with Gasteiger partial charge in [0.15, 0.2) is 0 Å². The Balaban J connectivity index is 1.57. The van der Waals surface area contributed by atoms with E-state index >= 15 is 0 Å². The maximum absolute atomic E-state index is 13.8. The minimum atomic E-state index is -3.93. The molecule has 0 saturated carbocycles. The third-order valence-electron chi connectivity index (χ3n) is 6.56. The average molecular weight is 511 g/mol. The fourth-order valence-electron chi connectivity index (χ4n) is 4.61. The molecule has 0 spiro atoms. The summed E-state index contributed by atoms with van der Waals surface area (Å²) in [5, 5.41) is 0. The summed E-state index contributed by atoms with van der Waals surface area (Å²) in [7, 11) is -2.18. The normalized spacial score (nSPS) is 18.5. The van der Waals surface area contributed by atoms with Gasteiger partial charge in [0.05, 0.1) is 11.5 Å². The molecule has 6 nitrogen and oxygen atoms in total. The Kier molecular flexibility index (Phi) is 8.06. The number of piperidine rings is 1. The van der Waals surface area contributed by atoms with Gasteiger partial charge in [-0.3, -0.25) is 4.79 Å². The molecule has 0 aromatic heterocycles. The van der Waals surface area contributed by atoms with E-state index in [9.17, 15) is 17.6 Å². The van der Waals surface area contributed by atoms with Gasteiger partial charge in [-0.25, -0.2) is 12.8 Å². The lowest BCUT2D eigenvalue weighted by Crippen LogP contribution is -2.50. The molecule has 190 valence electrons. The molecule has 0 aliphatic carbocycles. The molecule has 1 aliphatic rings. The Morgan fingerprint density at radius 1 is 1.03 bits per heavy atom. The highest BCUT2D eigenvalue weighted by atomic mass is 32.2. The SMILES string of the molecule is CN(Cc1ccccc1)C(=O)C[C@@]1(COc2ccccc2)CCCN(S(=O)(=O)c2cccc(F)c2)C1. The molecule has 36 heavy (non-hydrogen) atoms. The van der Waals surface area contributed by atoms with Gasteiger partial charge in [-0.15, -0.1) is 0 Å². The first-order chi connectivity index (χ1) is 17.3. The van der Waals surface area contributed by atoms with Crippen LogP contribution in [-0.4, -0.2) is 50.3 Å². The summed E-state index contributed by atoms with van der Waals surface area (Å²) in [4.78, 5) is 14.9. The second-order valence-corrected chi connectivity index (χ2v) is 11.4. The molecule has 3 aromatic carbocycles. The zero-order valence-electron chi connectivity index (χ0n) is 20.3. The molecule has 4 rings (SSSR count). The van der Waals surface area contributed by atoms with Crippen molar-refractivity contribution in [2.75, 3.05) is 26.7 Å². The topological polar surface area (TPSA) is 66.9 Å². The molecule has 1 amide bonds. The minimum Gasteiger partial charge on any atom is -0.493 e. The van der Waals surface area contributed by atoms with Crippen LogP contribution < -0.4 is 4.74 Å². The average Bonchev–Trinajstić information content (AvgIpc) is 2.89. The van der Waals surface area contributed by atoms with E-state index in [2.05, 4.69) is 0 Å². The Morgan fingerprint density at radius 3 is 2.42 bits per heavy atom. The van der Waals surface area contributed by atoms with Gasteiger partial charge < -0.3 is 9.64 Å². The monoisotopic (exact) mass is 510 g/mol. The van der Waals surface area contributed by atoms with Gasteiger partial charge in [0.1, 0.15) is 11.6 Å². The molecule has 8 heteroatoms. The van der Waals surface area contributed by atoms with Gasteiger partial charge >= 0.3 is 0 Å². The third-order valence-corrected chi connectivity index (χ3v) is 8.40. The minimum absolute atomic E-state index is 0.0829. The lowest BCUT2D eigenvalue weighted by atomic mass is 9.78. The van der Waals surface area contributed by atoms with Crippen molar-refractivity contribution in [1.82, 2.24) is 9.21 Å². The van der Waals surface area contributed by atoms with Crippen LogP contribution >= 0.6 is 0 Å². The van der Waals surface area contributed by atoms with E-state index < -0.39 is 21.3 Å². The van der Waals surface area contributed by atoms with Crippen molar-refractivity contribution >= 4 is 15.9 Å². The summed E-state index contributed by atoms with van der Waals surface area (Å²) in [5.74, 6) is -0.0305. The van der Waals surface area contributed by atoms with Crippen LogP contribution in [0.15, 0.2) is 89.8 Å².